The van der Waals surface area contributed by atoms with E-state index < -0.39 is 0 Å². The van der Waals surface area contributed by atoms with E-state index in [-0.39, 0.29) is 0 Å². The Hall–Kier alpha value is -0.870. The zero-order valence-corrected chi connectivity index (χ0v) is 9.49. The molecule has 0 radical (unpaired) electrons. The lowest BCUT2D eigenvalue weighted by Crippen LogP contribution is -2.05. The van der Waals surface area contributed by atoms with Crippen molar-refractivity contribution in [2.75, 3.05) is 13.7 Å². The van der Waals surface area contributed by atoms with Crippen molar-refractivity contribution >= 4 is 26.8 Å². The van der Waals surface area contributed by atoms with E-state index in [1.807, 2.05) is 16.9 Å². The van der Waals surface area contributed by atoms with Gasteiger partial charge >= 0.3 is 0 Å². The van der Waals surface area contributed by atoms with Crippen molar-refractivity contribution in [2.24, 2.45) is 0 Å². The average Bonchev–Trinajstić information content (AvgIpc) is 2.57. The number of benzene rings is 1. The molecule has 0 aliphatic rings. The van der Waals surface area contributed by atoms with Crippen molar-refractivity contribution in [1.29, 1.82) is 0 Å². The average molecular weight is 255 g/mol. The molecule has 0 saturated heterocycles. The van der Waals surface area contributed by atoms with Crippen molar-refractivity contribution in [3.63, 3.8) is 0 Å². The molecule has 14 heavy (non-hydrogen) atoms. The Morgan fingerprint density at radius 2 is 2.36 bits per heavy atom. The van der Waals surface area contributed by atoms with Crippen molar-refractivity contribution in [3.8, 4) is 0 Å². The van der Waals surface area contributed by atoms with Gasteiger partial charge in [0.1, 0.15) is 0 Å². The molecule has 1 aromatic carbocycles. The highest BCUT2D eigenvalue weighted by molar-refractivity contribution is 9.10. The number of hydrogen-bond acceptors (Lipinski definition) is 2. The highest BCUT2D eigenvalue weighted by atomic mass is 79.9. The van der Waals surface area contributed by atoms with Gasteiger partial charge in [-0.3, -0.25) is 4.68 Å². The van der Waals surface area contributed by atoms with Gasteiger partial charge in [-0.2, -0.15) is 5.10 Å². The first-order chi connectivity index (χ1) is 6.81. The number of hydrogen-bond donors (Lipinski definition) is 0. The van der Waals surface area contributed by atoms with Gasteiger partial charge in [0.15, 0.2) is 0 Å². The van der Waals surface area contributed by atoms with Crippen molar-refractivity contribution in [1.82, 2.24) is 9.78 Å². The highest BCUT2D eigenvalue weighted by Gasteiger charge is 2.01. The fraction of sp³-hybridized carbons (Fsp3) is 0.300. The van der Waals surface area contributed by atoms with Crippen LogP contribution in [0.4, 0.5) is 0 Å². The summed E-state index contributed by atoms with van der Waals surface area (Å²) in [6.07, 6.45) is 1.87. The molecule has 2 aromatic rings. The quantitative estimate of drug-likeness (QED) is 0.842. The Labute approximate surface area is 90.8 Å². The first-order valence-electron chi connectivity index (χ1n) is 4.41. The van der Waals surface area contributed by atoms with Crippen LogP contribution in [0.3, 0.4) is 0 Å². The van der Waals surface area contributed by atoms with Gasteiger partial charge in [-0.15, -0.1) is 0 Å². The lowest BCUT2D eigenvalue weighted by atomic mass is 10.2. The van der Waals surface area contributed by atoms with Gasteiger partial charge in [-0.05, 0) is 12.1 Å². The molecule has 4 heteroatoms. The van der Waals surface area contributed by atoms with E-state index in [9.17, 15) is 0 Å². The van der Waals surface area contributed by atoms with Crippen molar-refractivity contribution in [2.45, 2.75) is 6.54 Å². The van der Waals surface area contributed by atoms with E-state index in [4.69, 9.17) is 4.74 Å². The van der Waals surface area contributed by atoms with Crippen molar-refractivity contribution in [3.05, 3.63) is 28.9 Å². The molecule has 1 aromatic heterocycles. The monoisotopic (exact) mass is 254 g/mol. The van der Waals surface area contributed by atoms with E-state index in [0.717, 1.165) is 21.9 Å². The number of halogens is 1. The zero-order valence-electron chi connectivity index (χ0n) is 7.90. The molecule has 0 unspecified atom stereocenters. The second-order valence-corrected chi connectivity index (χ2v) is 3.98. The second kappa shape index (κ2) is 4.11. The van der Waals surface area contributed by atoms with E-state index in [2.05, 4.69) is 33.2 Å². The third-order valence-electron chi connectivity index (χ3n) is 2.11. The van der Waals surface area contributed by atoms with Crippen LogP contribution < -0.4 is 0 Å². The lowest BCUT2D eigenvalue weighted by Gasteiger charge is -2.02. The summed E-state index contributed by atoms with van der Waals surface area (Å²) in [6.45, 7) is 1.47. The van der Waals surface area contributed by atoms with Crippen molar-refractivity contribution < 1.29 is 4.74 Å². The molecule has 1 heterocycles. The van der Waals surface area contributed by atoms with Crippen LogP contribution in [0, 0.1) is 0 Å². The Balaban J connectivity index is 2.40. The Bertz CT molecular complexity index is 439. The molecule has 0 aliphatic heterocycles. The second-order valence-electron chi connectivity index (χ2n) is 3.06. The molecule has 0 spiro atoms. The Morgan fingerprint density at radius 1 is 1.50 bits per heavy atom. The van der Waals surface area contributed by atoms with Gasteiger partial charge in [-0.25, -0.2) is 0 Å². The van der Waals surface area contributed by atoms with Crippen LogP contribution in [-0.2, 0) is 11.3 Å². The highest BCUT2D eigenvalue weighted by Crippen LogP contribution is 2.19. The minimum atomic E-state index is 0.684. The number of rotatable bonds is 3. The first kappa shape index (κ1) is 9.68. The van der Waals surface area contributed by atoms with Gasteiger partial charge in [0.05, 0.1) is 24.9 Å². The molecule has 0 amide bonds. The summed E-state index contributed by atoms with van der Waals surface area (Å²) < 4.78 is 8.04. The Morgan fingerprint density at radius 3 is 3.14 bits per heavy atom. The van der Waals surface area contributed by atoms with Crippen LogP contribution in [0.5, 0.6) is 0 Å². The SMILES string of the molecule is COCCn1ncc2ccc(Br)cc21. The molecular formula is C10H11BrN2O. The summed E-state index contributed by atoms with van der Waals surface area (Å²) >= 11 is 3.45. The van der Waals surface area contributed by atoms with Crippen LogP contribution >= 0.6 is 15.9 Å². The topological polar surface area (TPSA) is 27.1 Å². The molecule has 0 fully saturated rings. The minimum absolute atomic E-state index is 0.684. The number of nitrogens with zero attached hydrogens (tertiary/aromatic N) is 2. The van der Waals surface area contributed by atoms with Gasteiger partial charge in [-0.1, -0.05) is 22.0 Å². The molecular weight excluding hydrogens is 244 g/mol. The summed E-state index contributed by atoms with van der Waals surface area (Å²) in [4.78, 5) is 0. The minimum Gasteiger partial charge on any atom is -0.383 e. The van der Waals surface area contributed by atoms with Crippen LogP contribution in [0.25, 0.3) is 10.9 Å². The van der Waals surface area contributed by atoms with Gasteiger partial charge in [0.25, 0.3) is 0 Å². The maximum atomic E-state index is 5.02. The van der Waals surface area contributed by atoms with E-state index >= 15 is 0 Å². The Kier molecular flexibility index (Phi) is 2.84. The summed E-state index contributed by atoms with van der Waals surface area (Å²) in [6, 6.07) is 6.14. The third kappa shape index (κ3) is 1.81. The molecule has 0 atom stereocenters. The maximum Gasteiger partial charge on any atom is 0.0694 e. The maximum absolute atomic E-state index is 5.02. The fourth-order valence-electron chi connectivity index (χ4n) is 1.40. The van der Waals surface area contributed by atoms with Gasteiger partial charge in [0, 0.05) is 17.0 Å². The van der Waals surface area contributed by atoms with Crippen LogP contribution in [-0.4, -0.2) is 23.5 Å². The predicted octanol–water partition coefficient (Wildman–Crippen LogP) is 2.45. The molecule has 3 nitrogen and oxygen atoms in total. The first-order valence-corrected chi connectivity index (χ1v) is 5.20. The summed E-state index contributed by atoms with van der Waals surface area (Å²) in [5.41, 5.74) is 1.14. The van der Waals surface area contributed by atoms with Crippen LogP contribution in [0.1, 0.15) is 0 Å². The standard InChI is InChI=1S/C10H11BrN2O/c1-14-5-4-13-10-6-9(11)3-2-8(10)7-12-13/h2-3,6-7H,4-5H2,1H3. The number of ether oxygens (including phenoxy) is 1. The molecule has 74 valence electrons. The van der Waals surface area contributed by atoms with Crippen LogP contribution in [0.15, 0.2) is 28.9 Å². The molecule has 0 bridgehead atoms. The predicted molar refractivity (Wildman–Crippen MR) is 59.3 cm³/mol. The number of fused-ring (bicyclic) bond motifs is 1. The van der Waals surface area contributed by atoms with E-state index in [1.165, 1.54) is 0 Å². The smallest absolute Gasteiger partial charge is 0.0694 e. The third-order valence-corrected chi connectivity index (χ3v) is 2.61. The largest absolute Gasteiger partial charge is 0.383 e. The van der Waals surface area contributed by atoms with Crippen LogP contribution in [0.2, 0.25) is 0 Å². The van der Waals surface area contributed by atoms with E-state index in [1.54, 1.807) is 7.11 Å². The summed E-state index contributed by atoms with van der Waals surface area (Å²) in [5.74, 6) is 0. The molecule has 0 aliphatic carbocycles. The van der Waals surface area contributed by atoms with E-state index in [0.29, 0.717) is 6.61 Å². The summed E-state index contributed by atoms with van der Waals surface area (Å²) in [5, 5.41) is 5.45. The number of methoxy groups -OCH3 is 1. The summed E-state index contributed by atoms with van der Waals surface area (Å²) in [7, 11) is 1.70. The van der Waals surface area contributed by atoms with Gasteiger partial charge in [0.2, 0.25) is 0 Å². The number of aromatic nitrogens is 2. The fourth-order valence-corrected chi connectivity index (χ4v) is 1.75. The van der Waals surface area contributed by atoms with Gasteiger partial charge < -0.3 is 4.74 Å². The molecule has 0 N–H and O–H groups in total. The molecule has 0 saturated carbocycles. The lowest BCUT2D eigenvalue weighted by molar-refractivity contribution is 0.185. The normalized spacial score (nSPS) is 11.0. The molecule has 2 rings (SSSR count). The zero-order chi connectivity index (χ0) is 9.97.